The molecule has 0 saturated heterocycles. The van der Waals surface area contributed by atoms with Crippen LogP contribution in [0.5, 0.6) is 5.75 Å². The van der Waals surface area contributed by atoms with Crippen LogP contribution in [0.4, 0.5) is 5.69 Å². The number of para-hydroxylation sites is 1. The number of nitrogens with zero attached hydrogens (tertiary/aromatic N) is 1. The molecule has 0 aromatic heterocycles. The number of anilines is 1. The van der Waals surface area contributed by atoms with E-state index in [2.05, 4.69) is 0 Å². The highest BCUT2D eigenvalue weighted by atomic mass is 35.5. The van der Waals surface area contributed by atoms with Gasteiger partial charge in [0.15, 0.2) is 0 Å². The van der Waals surface area contributed by atoms with Gasteiger partial charge in [-0.25, -0.2) is 8.42 Å². The fourth-order valence-corrected chi connectivity index (χ4v) is 4.41. The van der Waals surface area contributed by atoms with E-state index in [1.807, 2.05) is 19.1 Å². The van der Waals surface area contributed by atoms with Crippen molar-refractivity contribution in [1.82, 2.24) is 0 Å². The van der Waals surface area contributed by atoms with Crippen LogP contribution < -0.4 is 9.04 Å². The Morgan fingerprint density at radius 3 is 2.44 bits per heavy atom. The zero-order valence-corrected chi connectivity index (χ0v) is 17.0. The zero-order chi connectivity index (χ0) is 20.0. The largest absolute Gasteiger partial charge is 0.495 e. The summed E-state index contributed by atoms with van der Waals surface area (Å²) >= 11 is 6.10. The van der Waals surface area contributed by atoms with Crippen molar-refractivity contribution in [3.8, 4) is 5.75 Å². The molecule has 146 valence electrons. The molecule has 0 amide bonds. The summed E-state index contributed by atoms with van der Waals surface area (Å²) in [5.41, 5.74) is 1.23. The SMILES string of the molecule is CCOC(=O)CN(c1ccccc1CC)S(=O)(=O)c1ccc(OC)c(Cl)c1. The van der Waals surface area contributed by atoms with E-state index in [1.54, 1.807) is 19.1 Å². The number of rotatable bonds is 8. The second kappa shape index (κ2) is 9.10. The van der Waals surface area contributed by atoms with Crippen molar-refractivity contribution in [3.63, 3.8) is 0 Å². The van der Waals surface area contributed by atoms with Crippen molar-refractivity contribution in [3.05, 3.63) is 53.1 Å². The minimum absolute atomic E-state index is 0.0384. The minimum atomic E-state index is -4.06. The number of methoxy groups -OCH3 is 1. The lowest BCUT2D eigenvalue weighted by atomic mass is 10.1. The summed E-state index contributed by atoms with van der Waals surface area (Å²) < 4.78 is 37.7. The van der Waals surface area contributed by atoms with E-state index < -0.39 is 22.5 Å². The molecule has 0 heterocycles. The standard InChI is InChI=1S/C19H22ClNO5S/c1-4-14-8-6-7-9-17(14)21(13-19(22)26-5-2)27(23,24)15-10-11-18(25-3)16(20)12-15/h6-12H,4-5,13H2,1-3H3. The average Bonchev–Trinajstić information content (AvgIpc) is 2.66. The molecule has 2 rings (SSSR count). The quantitative estimate of drug-likeness (QED) is 0.619. The van der Waals surface area contributed by atoms with E-state index >= 15 is 0 Å². The van der Waals surface area contributed by atoms with Gasteiger partial charge in [0.2, 0.25) is 0 Å². The van der Waals surface area contributed by atoms with Gasteiger partial charge in [0.25, 0.3) is 10.0 Å². The molecule has 0 bridgehead atoms. The second-order valence-corrected chi connectivity index (χ2v) is 7.86. The molecule has 0 radical (unpaired) electrons. The van der Waals surface area contributed by atoms with Crippen molar-refractivity contribution in [2.45, 2.75) is 25.2 Å². The Labute approximate surface area is 164 Å². The molecule has 0 unspecified atom stereocenters. The van der Waals surface area contributed by atoms with Crippen LogP contribution in [0.25, 0.3) is 0 Å². The first kappa shape index (κ1) is 21.1. The molecule has 0 aliphatic carbocycles. The summed E-state index contributed by atoms with van der Waals surface area (Å²) in [6.45, 7) is 3.31. The number of ether oxygens (including phenoxy) is 2. The number of hydrogen-bond donors (Lipinski definition) is 0. The first-order valence-corrected chi connectivity index (χ1v) is 10.3. The van der Waals surface area contributed by atoms with Crippen LogP contribution in [0.3, 0.4) is 0 Å². The smallest absolute Gasteiger partial charge is 0.326 e. The highest BCUT2D eigenvalue weighted by molar-refractivity contribution is 7.92. The normalized spacial score (nSPS) is 11.1. The topological polar surface area (TPSA) is 72.9 Å². The molecule has 0 N–H and O–H groups in total. The number of esters is 1. The van der Waals surface area contributed by atoms with Gasteiger partial charge in [-0.3, -0.25) is 9.10 Å². The maximum absolute atomic E-state index is 13.3. The average molecular weight is 412 g/mol. The van der Waals surface area contributed by atoms with Crippen LogP contribution in [0.1, 0.15) is 19.4 Å². The maximum Gasteiger partial charge on any atom is 0.326 e. The maximum atomic E-state index is 13.3. The van der Waals surface area contributed by atoms with E-state index in [0.29, 0.717) is 17.9 Å². The summed E-state index contributed by atoms with van der Waals surface area (Å²) in [5, 5.41) is 0.165. The lowest BCUT2D eigenvalue weighted by Crippen LogP contribution is -2.37. The molecular formula is C19H22ClNO5S. The molecule has 0 aliphatic rings. The number of aryl methyl sites for hydroxylation is 1. The van der Waals surface area contributed by atoms with Gasteiger partial charge in [-0.2, -0.15) is 0 Å². The van der Waals surface area contributed by atoms with E-state index in [4.69, 9.17) is 21.1 Å². The highest BCUT2D eigenvalue weighted by Crippen LogP contribution is 2.31. The monoisotopic (exact) mass is 411 g/mol. The van der Waals surface area contributed by atoms with Crippen molar-refractivity contribution in [2.24, 2.45) is 0 Å². The lowest BCUT2D eigenvalue weighted by molar-refractivity contribution is -0.141. The van der Waals surface area contributed by atoms with Crippen LogP contribution in [0, 0.1) is 0 Å². The van der Waals surface area contributed by atoms with Gasteiger partial charge >= 0.3 is 5.97 Å². The number of halogens is 1. The zero-order valence-electron chi connectivity index (χ0n) is 15.4. The Balaban J connectivity index is 2.57. The van der Waals surface area contributed by atoms with Gasteiger partial charge in [-0.1, -0.05) is 36.7 Å². The number of sulfonamides is 1. The molecule has 2 aromatic carbocycles. The second-order valence-electron chi connectivity index (χ2n) is 5.60. The predicted molar refractivity (Wildman–Crippen MR) is 105 cm³/mol. The van der Waals surface area contributed by atoms with E-state index in [9.17, 15) is 13.2 Å². The Hall–Kier alpha value is -2.25. The highest BCUT2D eigenvalue weighted by Gasteiger charge is 2.29. The molecule has 0 saturated carbocycles. The van der Waals surface area contributed by atoms with Gasteiger partial charge in [-0.15, -0.1) is 0 Å². The summed E-state index contributed by atoms with van der Waals surface area (Å²) in [4.78, 5) is 12.1. The Morgan fingerprint density at radius 1 is 1.15 bits per heavy atom. The van der Waals surface area contributed by atoms with Crippen LogP contribution in [-0.4, -0.2) is 34.6 Å². The van der Waals surface area contributed by atoms with E-state index in [0.717, 1.165) is 9.87 Å². The van der Waals surface area contributed by atoms with Crippen LogP contribution in [-0.2, 0) is 26.0 Å². The van der Waals surface area contributed by atoms with Gasteiger partial charge in [0.1, 0.15) is 12.3 Å². The summed E-state index contributed by atoms with van der Waals surface area (Å²) in [6.07, 6.45) is 0.606. The Bertz CT molecular complexity index is 914. The molecule has 27 heavy (non-hydrogen) atoms. The summed E-state index contributed by atoms with van der Waals surface area (Å²) in [6, 6.07) is 11.2. The van der Waals surface area contributed by atoms with Gasteiger partial charge in [-0.05, 0) is 43.2 Å². The number of benzene rings is 2. The third kappa shape index (κ3) is 4.73. The molecule has 0 spiro atoms. The summed E-state index contributed by atoms with van der Waals surface area (Å²) in [7, 11) is -2.61. The molecule has 2 aromatic rings. The number of hydrogen-bond acceptors (Lipinski definition) is 5. The first-order chi connectivity index (χ1) is 12.8. The van der Waals surface area contributed by atoms with Crippen LogP contribution in [0.2, 0.25) is 5.02 Å². The van der Waals surface area contributed by atoms with Crippen molar-refractivity contribution in [2.75, 3.05) is 24.6 Å². The Morgan fingerprint density at radius 2 is 1.85 bits per heavy atom. The van der Waals surface area contributed by atoms with Crippen molar-refractivity contribution >= 4 is 33.3 Å². The minimum Gasteiger partial charge on any atom is -0.495 e. The molecule has 8 heteroatoms. The third-order valence-corrected chi connectivity index (χ3v) is 5.98. The first-order valence-electron chi connectivity index (χ1n) is 8.44. The number of carbonyl (C=O) groups is 1. The molecular weight excluding hydrogens is 390 g/mol. The van der Waals surface area contributed by atoms with Gasteiger partial charge in [0.05, 0.1) is 29.3 Å². The molecule has 6 nitrogen and oxygen atoms in total. The van der Waals surface area contributed by atoms with Crippen LogP contribution in [0.15, 0.2) is 47.4 Å². The van der Waals surface area contributed by atoms with E-state index in [1.165, 1.54) is 25.3 Å². The van der Waals surface area contributed by atoms with Crippen molar-refractivity contribution in [1.29, 1.82) is 0 Å². The molecule has 0 atom stereocenters. The summed E-state index contributed by atoms with van der Waals surface area (Å²) in [5.74, 6) is -0.270. The van der Waals surface area contributed by atoms with Gasteiger partial charge in [0, 0.05) is 0 Å². The third-order valence-electron chi connectivity index (χ3n) is 3.93. The predicted octanol–water partition coefficient (Wildman–Crippen LogP) is 3.67. The molecule has 0 fully saturated rings. The van der Waals surface area contributed by atoms with Crippen LogP contribution >= 0.6 is 11.6 Å². The molecule has 0 aliphatic heterocycles. The fourth-order valence-electron chi connectivity index (χ4n) is 2.61. The lowest BCUT2D eigenvalue weighted by Gasteiger charge is -2.26. The number of carbonyl (C=O) groups excluding carboxylic acids is 1. The Kier molecular flexibility index (Phi) is 7.10. The van der Waals surface area contributed by atoms with E-state index in [-0.39, 0.29) is 16.5 Å². The fraction of sp³-hybridized carbons (Fsp3) is 0.316. The van der Waals surface area contributed by atoms with Gasteiger partial charge < -0.3 is 9.47 Å². The van der Waals surface area contributed by atoms with Crippen molar-refractivity contribution < 1.29 is 22.7 Å².